The van der Waals surface area contributed by atoms with E-state index in [1.807, 2.05) is 32.3 Å². The van der Waals surface area contributed by atoms with Crippen LogP contribution in [0.5, 0.6) is 0 Å². The SMILES string of the molecule is Cc1nc(Br)cc(NCc2ccn(C)n2)n1. The Hall–Kier alpha value is -1.43. The van der Waals surface area contributed by atoms with E-state index in [2.05, 4.69) is 36.3 Å². The molecule has 2 rings (SSSR count). The second kappa shape index (κ2) is 4.61. The quantitative estimate of drug-likeness (QED) is 0.873. The highest BCUT2D eigenvalue weighted by Gasteiger charge is 2.01. The molecule has 0 amide bonds. The molecule has 0 aliphatic rings. The number of halogens is 1. The Balaban J connectivity index is 2.04. The fraction of sp³-hybridized carbons (Fsp3) is 0.300. The van der Waals surface area contributed by atoms with Crippen molar-refractivity contribution in [1.29, 1.82) is 0 Å². The first-order valence-electron chi connectivity index (χ1n) is 4.87. The molecule has 16 heavy (non-hydrogen) atoms. The maximum atomic E-state index is 4.27. The predicted molar refractivity (Wildman–Crippen MR) is 65.0 cm³/mol. The van der Waals surface area contributed by atoms with Crippen LogP contribution in [0.25, 0.3) is 0 Å². The van der Waals surface area contributed by atoms with Crippen LogP contribution in [0.1, 0.15) is 11.5 Å². The Bertz CT molecular complexity index is 473. The highest BCUT2D eigenvalue weighted by molar-refractivity contribution is 9.10. The van der Waals surface area contributed by atoms with Gasteiger partial charge in [0.1, 0.15) is 16.2 Å². The summed E-state index contributed by atoms with van der Waals surface area (Å²) in [7, 11) is 1.90. The van der Waals surface area contributed by atoms with Crippen molar-refractivity contribution < 1.29 is 0 Å². The Morgan fingerprint density at radius 2 is 2.25 bits per heavy atom. The average Bonchev–Trinajstić information content (AvgIpc) is 2.60. The van der Waals surface area contributed by atoms with Crippen LogP contribution in [0.4, 0.5) is 5.82 Å². The van der Waals surface area contributed by atoms with Crippen molar-refractivity contribution >= 4 is 21.7 Å². The van der Waals surface area contributed by atoms with E-state index in [9.17, 15) is 0 Å². The third-order valence-electron chi connectivity index (χ3n) is 2.03. The molecule has 0 fully saturated rings. The molecule has 0 atom stereocenters. The van der Waals surface area contributed by atoms with Gasteiger partial charge >= 0.3 is 0 Å². The van der Waals surface area contributed by atoms with Gasteiger partial charge in [-0.15, -0.1) is 0 Å². The zero-order valence-corrected chi connectivity index (χ0v) is 10.7. The van der Waals surface area contributed by atoms with E-state index in [0.717, 1.165) is 21.9 Å². The van der Waals surface area contributed by atoms with Gasteiger partial charge in [-0.25, -0.2) is 9.97 Å². The maximum absolute atomic E-state index is 4.27. The van der Waals surface area contributed by atoms with Crippen molar-refractivity contribution in [2.75, 3.05) is 5.32 Å². The van der Waals surface area contributed by atoms with Gasteiger partial charge in [-0.05, 0) is 28.9 Å². The zero-order valence-electron chi connectivity index (χ0n) is 9.11. The molecule has 2 aromatic heterocycles. The van der Waals surface area contributed by atoms with E-state index in [1.54, 1.807) is 4.68 Å². The van der Waals surface area contributed by atoms with Gasteiger partial charge in [0, 0.05) is 19.3 Å². The Labute approximate surface area is 102 Å². The van der Waals surface area contributed by atoms with Crippen LogP contribution in [-0.4, -0.2) is 19.7 Å². The smallest absolute Gasteiger partial charge is 0.131 e. The van der Waals surface area contributed by atoms with E-state index in [-0.39, 0.29) is 0 Å². The minimum absolute atomic E-state index is 0.656. The molecule has 0 saturated heterocycles. The summed E-state index contributed by atoms with van der Waals surface area (Å²) in [6, 6.07) is 3.81. The molecular formula is C10H12BrN5. The summed E-state index contributed by atoms with van der Waals surface area (Å²) < 4.78 is 2.56. The van der Waals surface area contributed by atoms with Crippen LogP contribution in [0.15, 0.2) is 22.9 Å². The first kappa shape index (κ1) is 11.1. The van der Waals surface area contributed by atoms with Gasteiger partial charge in [-0.2, -0.15) is 5.10 Å². The second-order valence-corrected chi connectivity index (χ2v) is 4.27. The van der Waals surface area contributed by atoms with Gasteiger partial charge in [0.15, 0.2) is 0 Å². The highest BCUT2D eigenvalue weighted by Crippen LogP contribution is 2.12. The molecule has 2 heterocycles. The molecule has 1 N–H and O–H groups in total. The van der Waals surface area contributed by atoms with Gasteiger partial charge in [0.2, 0.25) is 0 Å². The average molecular weight is 282 g/mol. The topological polar surface area (TPSA) is 55.6 Å². The van der Waals surface area contributed by atoms with E-state index in [4.69, 9.17) is 0 Å². The van der Waals surface area contributed by atoms with Crippen LogP contribution in [0, 0.1) is 6.92 Å². The van der Waals surface area contributed by atoms with Crippen molar-refractivity contribution in [3.63, 3.8) is 0 Å². The summed E-state index contributed by atoms with van der Waals surface area (Å²) in [4.78, 5) is 8.41. The molecule has 0 aliphatic carbocycles. The van der Waals surface area contributed by atoms with Crippen molar-refractivity contribution in [3.8, 4) is 0 Å². The lowest BCUT2D eigenvalue weighted by molar-refractivity contribution is 0.746. The first-order valence-corrected chi connectivity index (χ1v) is 5.66. The highest BCUT2D eigenvalue weighted by atomic mass is 79.9. The molecular weight excluding hydrogens is 270 g/mol. The monoisotopic (exact) mass is 281 g/mol. The fourth-order valence-electron chi connectivity index (χ4n) is 1.36. The number of aryl methyl sites for hydroxylation is 2. The van der Waals surface area contributed by atoms with Crippen LogP contribution in [-0.2, 0) is 13.6 Å². The van der Waals surface area contributed by atoms with Gasteiger partial charge in [0.05, 0.1) is 12.2 Å². The minimum atomic E-state index is 0.656. The second-order valence-electron chi connectivity index (χ2n) is 3.46. The lowest BCUT2D eigenvalue weighted by Crippen LogP contribution is -2.04. The number of aromatic nitrogens is 4. The zero-order chi connectivity index (χ0) is 11.5. The van der Waals surface area contributed by atoms with E-state index in [0.29, 0.717) is 6.54 Å². The Kier molecular flexibility index (Phi) is 3.19. The normalized spacial score (nSPS) is 10.4. The van der Waals surface area contributed by atoms with Crippen molar-refractivity contribution in [2.24, 2.45) is 7.05 Å². The van der Waals surface area contributed by atoms with Crippen molar-refractivity contribution in [2.45, 2.75) is 13.5 Å². The lowest BCUT2D eigenvalue weighted by atomic mass is 10.4. The van der Waals surface area contributed by atoms with Crippen LogP contribution >= 0.6 is 15.9 Å². The first-order chi connectivity index (χ1) is 7.63. The number of nitrogens with zero attached hydrogens (tertiary/aromatic N) is 4. The van der Waals surface area contributed by atoms with Crippen molar-refractivity contribution in [1.82, 2.24) is 19.7 Å². The lowest BCUT2D eigenvalue weighted by Gasteiger charge is -2.04. The standard InChI is InChI=1S/C10H12BrN5/c1-7-13-9(11)5-10(14-7)12-6-8-3-4-16(2)15-8/h3-5H,6H2,1-2H3,(H,12,13,14). The molecule has 0 spiro atoms. The van der Waals surface area contributed by atoms with E-state index >= 15 is 0 Å². The number of hydrogen-bond acceptors (Lipinski definition) is 4. The third-order valence-corrected chi connectivity index (χ3v) is 2.43. The molecule has 0 unspecified atom stereocenters. The minimum Gasteiger partial charge on any atom is -0.364 e. The Morgan fingerprint density at radius 3 is 2.88 bits per heavy atom. The summed E-state index contributed by atoms with van der Waals surface area (Å²) >= 11 is 3.33. The van der Waals surface area contributed by atoms with Crippen molar-refractivity contribution in [3.05, 3.63) is 34.5 Å². The van der Waals surface area contributed by atoms with Gasteiger partial charge in [0.25, 0.3) is 0 Å². The van der Waals surface area contributed by atoms with Crippen LogP contribution in [0.3, 0.4) is 0 Å². The summed E-state index contributed by atoms with van der Waals surface area (Å²) in [6.45, 7) is 2.51. The Morgan fingerprint density at radius 1 is 1.44 bits per heavy atom. The van der Waals surface area contributed by atoms with Crippen LogP contribution in [0.2, 0.25) is 0 Å². The molecule has 84 valence electrons. The summed E-state index contributed by atoms with van der Waals surface area (Å²) in [5.74, 6) is 1.53. The third kappa shape index (κ3) is 2.79. The van der Waals surface area contributed by atoms with Crippen LogP contribution < -0.4 is 5.32 Å². The summed E-state index contributed by atoms with van der Waals surface area (Å²) in [5, 5.41) is 7.47. The molecule has 2 aromatic rings. The molecule has 0 radical (unpaired) electrons. The molecule has 0 aliphatic heterocycles. The summed E-state index contributed by atoms with van der Waals surface area (Å²) in [5.41, 5.74) is 0.981. The van der Waals surface area contributed by atoms with Gasteiger partial charge < -0.3 is 5.32 Å². The van der Waals surface area contributed by atoms with Gasteiger partial charge in [-0.1, -0.05) is 0 Å². The predicted octanol–water partition coefficient (Wildman–Crippen LogP) is 1.89. The molecule has 0 aromatic carbocycles. The number of rotatable bonds is 3. The molecule has 0 saturated carbocycles. The molecule has 5 nitrogen and oxygen atoms in total. The van der Waals surface area contributed by atoms with E-state index < -0.39 is 0 Å². The number of nitrogens with one attached hydrogen (secondary N) is 1. The molecule has 0 bridgehead atoms. The van der Waals surface area contributed by atoms with E-state index in [1.165, 1.54) is 0 Å². The van der Waals surface area contributed by atoms with Gasteiger partial charge in [-0.3, -0.25) is 4.68 Å². The largest absolute Gasteiger partial charge is 0.364 e. The molecule has 6 heteroatoms. The fourth-order valence-corrected chi connectivity index (χ4v) is 1.83. The number of anilines is 1. The maximum Gasteiger partial charge on any atom is 0.131 e. The summed E-state index contributed by atoms with van der Waals surface area (Å²) in [6.07, 6.45) is 1.91. The number of hydrogen-bond donors (Lipinski definition) is 1.